The van der Waals surface area contributed by atoms with Crippen LogP contribution in [0.25, 0.3) is 6.08 Å². The van der Waals surface area contributed by atoms with Gasteiger partial charge in [0, 0.05) is 11.1 Å². The Morgan fingerprint density at radius 1 is 1.45 bits per heavy atom. The molecule has 0 aliphatic heterocycles. The van der Waals surface area contributed by atoms with Crippen molar-refractivity contribution in [2.24, 2.45) is 5.10 Å². The Morgan fingerprint density at radius 3 is 2.82 bits per heavy atom. The first-order valence-electron chi connectivity index (χ1n) is 6.97. The van der Waals surface area contributed by atoms with E-state index in [0.717, 1.165) is 17.0 Å². The molecule has 1 amide bonds. The average Bonchev–Trinajstić information content (AvgIpc) is 3.08. The van der Waals surface area contributed by atoms with Crippen LogP contribution < -0.4 is 5.43 Å². The maximum absolute atomic E-state index is 11.9. The van der Waals surface area contributed by atoms with E-state index in [0.29, 0.717) is 5.69 Å². The molecule has 0 fully saturated rings. The highest BCUT2D eigenvalue weighted by Crippen LogP contribution is 2.20. The fraction of sp³-hybridized carbons (Fsp3) is 0.312. The van der Waals surface area contributed by atoms with Crippen LogP contribution in [0.4, 0.5) is 0 Å². The molecule has 22 heavy (non-hydrogen) atoms. The maximum atomic E-state index is 11.9. The highest BCUT2D eigenvalue weighted by atomic mass is 16.3. The first-order valence-corrected chi connectivity index (χ1v) is 6.97. The third-order valence-corrected chi connectivity index (χ3v) is 2.97. The molecule has 2 rings (SSSR count). The minimum Gasteiger partial charge on any atom is -0.465 e. The lowest BCUT2D eigenvalue weighted by atomic mass is 9.92. The first kappa shape index (κ1) is 15.8. The van der Waals surface area contributed by atoms with Gasteiger partial charge < -0.3 is 4.42 Å². The average molecular weight is 300 g/mol. The van der Waals surface area contributed by atoms with Crippen molar-refractivity contribution in [2.75, 3.05) is 0 Å². The molecular formula is C16H20N4O2. The molecule has 0 unspecified atom stereocenters. The van der Waals surface area contributed by atoms with Crippen molar-refractivity contribution in [1.82, 2.24) is 15.6 Å². The quantitative estimate of drug-likeness (QED) is 0.672. The van der Waals surface area contributed by atoms with Crippen LogP contribution in [0.1, 0.15) is 49.6 Å². The zero-order valence-corrected chi connectivity index (χ0v) is 13.2. The van der Waals surface area contributed by atoms with Gasteiger partial charge in [-0.25, -0.2) is 5.43 Å². The second-order valence-electron chi connectivity index (χ2n) is 6.02. The summed E-state index contributed by atoms with van der Waals surface area (Å²) >= 11 is 0. The van der Waals surface area contributed by atoms with Crippen LogP contribution in [0, 0.1) is 0 Å². The molecule has 0 aliphatic carbocycles. The van der Waals surface area contributed by atoms with E-state index in [1.807, 2.05) is 45.9 Å². The summed E-state index contributed by atoms with van der Waals surface area (Å²) in [5.74, 6) is 0.381. The van der Waals surface area contributed by atoms with Gasteiger partial charge in [0.05, 0.1) is 12.5 Å². The van der Waals surface area contributed by atoms with Gasteiger partial charge in [0.2, 0.25) is 0 Å². The van der Waals surface area contributed by atoms with E-state index in [9.17, 15) is 4.79 Å². The van der Waals surface area contributed by atoms with Gasteiger partial charge in [-0.3, -0.25) is 9.89 Å². The Kier molecular flexibility index (Phi) is 4.60. The molecule has 0 atom stereocenters. The summed E-state index contributed by atoms with van der Waals surface area (Å²) in [6, 6.07) is 5.38. The summed E-state index contributed by atoms with van der Waals surface area (Å²) < 4.78 is 5.20. The molecule has 116 valence electrons. The van der Waals surface area contributed by atoms with Crippen molar-refractivity contribution in [3.63, 3.8) is 0 Å². The number of hydrazone groups is 1. The van der Waals surface area contributed by atoms with Crippen LogP contribution in [0.5, 0.6) is 0 Å². The van der Waals surface area contributed by atoms with Crippen LogP contribution in [0.2, 0.25) is 0 Å². The van der Waals surface area contributed by atoms with Gasteiger partial charge in [-0.05, 0) is 36.8 Å². The molecular weight excluding hydrogens is 280 g/mol. The van der Waals surface area contributed by atoms with Crippen LogP contribution in [-0.2, 0) is 5.41 Å². The summed E-state index contributed by atoms with van der Waals surface area (Å²) in [7, 11) is 0. The Labute approximate surface area is 129 Å². The zero-order chi connectivity index (χ0) is 16.2. The molecule has 2 N–H and O–H groups in total. The van der Waals surface area contributed by atoms with E-state index in [1.165, 1.54) is 0 Å². The largest absolute Gasteiger partial charge is 0.465 e. The number of carbonyl (C=O) groups is 1. The van der Waals surface area contributed by atoms with Gasteiger partial charge in [-0.15, -0.1) is 0 Å². The minimum absolute atomic E-state index is 0.0861. The molecule has 2 heterocycles. The van der Waals surface area contributed by atoms with Crippen molar-refractivity contribution < 1.29 is 9.21 Å². The van der Waals surface area contributed by atoms with E-state index >= 15 is 0 Å². The summed E-state index contributed by atoms with van der Waals surface area (Å²) in [5, 5.41) is 10.8. The van der Waals surface area contributed by atoms with Crippen molar-refractivity contribution in [3.8, 4) is 0 Å². The summed E-state index contributed by atoms with van der Waals surface area (Å²) in [4.78, 5) is 11.9. The van der Waals surface area contributed by atoms with Crippen LogP contribution in [0.15, 0.2) is 39.6 Å². The van der Waals surface area contributed by atoms with E-state index < -0.39 is 0 Å². The number of H-pyrrole nitrogens is 1. The number of hydrogen-bond acceptors (Lipinski definition) is 4. The molecule has 0 aromatic carbocycles. The lowest BCUT2D eigenvalue weighted by Gasteiger charge is -2.14. The van der Waals surface area contributed by atoms with E-state index in [2.05, 4.69) is 20.7 Å². The Balaban J connectivity index is 1.95. The van der Waals surface area contributed by atoms with Crippen molar-refractivity contribution >= 4 is 18.2 Å². The van der Waals surface area contributed by atoms with Gasteiger partial charge in [0.1, 0.15) is 5.76 Å². The Hall–Kier alpha value is -2.63. The van der Waals surface area contributed by atoms with Gasteiger partial charge in [0.15, 0.2) is 5.69 Å². The van der Waals surface area contributed by atoms with Crippen LogP contribution >= 0.6 is 0 Å². The fourth-order valence-corrected chi connectivity index (χ4v) is 1.71. The lowest BCUT2D eigenvalue weighted by molar-refractivity contribution is 0.0950. The van der Waals surface area contributed by atoms with Gasteiger partial charge in [-0.2, -0.15) is 10.2 Å². The third kappa shape index (κ3) is 4.18. The van der Waals surface area contributed by atoms with Crippen LogP contribution in [-0.4, -0.2) is 22.3 Å². The number of allylic oxidation sites excluding steroid dienone is 1. The summed E-state index contributed by atoms with van der Waals surface area (Å²) in [6.45, 7) is 8.00. The number of aromatic nitrogens is 2. The standard InChI is InChI=1S/C16H20N4O2/c1-11(8-12-6-5-7-22-12)10-17-20-15(21)13-9-14(19-18-13)16(2,3)4/h5-10H,1-4H3,(H,18,19)(H,20,21). The maximum Gasteiger partial charge on any atom is 0.291 e. The first-order chi connectivity index (χ1) is 10.4. The van der Waals surface area contributed by atoms with Crippen LogP contribution in [0.3, 0.4) is 0 Å². The third-order valence-electron chi connectivity index (χ3n) is 2.97. The molecule has 6 nitrogen and oxygen atoms in total. The Morgan fingerprint density at radius 2 is 2.23 bits per heavy atom. The van der Waals surface area contributed by atoms with Crippen molar-refractivity contribution in [1.29, 1.82) is 0 Å². The molecule has 0 aliphatic rings. The fourth-order valence-electron chi connectivity index (χ4n) is 1.71. The molecule has 0 saturated heterocycles. The van der Waals surface area contributed by atoms with Crippen molar-refractivity contribution in [2.45, 2.75) is 33.1 Å². The summed E-state index contributed by atoms with van der Waals surface area (Å²) in [5.41, 5.74) is 4.43. The molecule has 6 heteroatoms. The number of amides is 1. The monoisotopic (exact) mass is 300 g/mol. The van der Waals surface area contributed by atoms with E-state index in [4.69, 9.17) is 4.42 Å². The molecule has 0 spiro atoms. The van der Waals surface area contributed by atoms with E-state index in [1.54, 1.807) is 18.5 Å². The van der Waals surface area contributed by atoms with Gasteiger partial charge in [0.25, 0.3) is 5.91 Å². The second-order valence-corrected chi connectivity index (χ2v) is 6.02. The Bertz CT molecular complexity index is 688. The number of nitrogens with zero attached hydrogens (tertiary/aromatic N) is 2. The number of furan rings is 1. The van der Waals surface area contributed by atoms with Crippen molar-refractivity contribution in [3.05, 3.63) is 47.2 Å². The predicted molar refractivity (Wildman–Crippen MR) is 85.6 cm³/mol. The molecule has 0 radical (unpaired) electrons. The predicted octanol–water partition coefficient (Wildman–Crippen LogP) is 3.12. The summed E-state index contributed by atoms with van der Waals surface area (Å²) in [6.07, 6.45) is 4.97. The minimum atomic E-state index is -0.353. The highest BCUT2D eigenvalue weighted by molar-refractivity contribution is 5.93. The molecule has 0 saturated carbocycles. The SMILES string of the molecule is CC(C=NNC(=O)c1cc(C(C)(C)C)[nH]n1)=Cc1ccco1. The second kappa shape index (κ2) is 6.43. The molecule has 0 bridgehead atoms. The topological polar surface area (TPSA) is 83.3 Å². The highest BCUT2D eigenvalue weighted by Gasteiger charge is 2.18. The normalized spacial score (nSPS) is 12.8. The van der Waals surface area contributed by atoms with Gasteiger partial charge in [-0.1, -0.05) is 20.8 Å². The lowest BCUT2D eigenvalue weighted by Crippen LogP contribution is -2.18. The molecule has 2 aromatic rings. The van der Waals surface area contributed by atoms with Gasteiger partial charge >= 0.3 is 0 Å². The zero-order valence-electron chi connectivity index (χ0n) is 13.2. The molecule has 2 aromatic heterocycles. The number of aromatic amines is 1. The number of nitrogens with one attached hydrogen (secondary N) is 2. The number of rotatable bonds is 4. The number of hydrogen-bond donors (Lipinski definition) is 2. The van der Waals surface area contributed by atoms with E-state index in [-0.39, 0.29) is 11.3 Å². The smallest absolute Gasteiger partial charge is 0.291 e. The number of carbonyl (C=O) groups excluding carboxylic acids is 1.